The third-order valence-electron chi connectivity index (χ3n) is 3.15. The van der Waals surface area contributed by atoms with Crippen LogP contribution in [0.15, 0.2) is 54.6 Å². The first-order chi connectivity index (χ1) is 11.9. The molecule has 8 heteroatoms. The molecule has 1 amide bonds. The molecule has 0 radical (unpaired) electrons. The lowest BCUT2D eigenvalue weighted by molar-refractivity contribution is -0.384. The minimum absolute atomic E-state index is 0.0192. The second-order valence-corrected chi connectivity index (χ2v) is 4.92. The summed E-state index contributed by atoms with van der Waals surface area (Å²) >= 11 is 0. The summed E-state index contributed by atoms with van der Waals surface area (Å²) < 4.78 is 28.3. The van der Waals surface area contributed by atoms with E-state index in [0.717, 1.165) is 5.56 Å². The maximum atomic E-state index is 12.0. The minimum Gasteiger partial charge on any atom is -0.435 e. The van der Waals surface area contributed by atoms with Gasteiger partial charge >= 0.3 is 6.61 Å². The lowest BCUT2D eigenvalue weighted by Gasteiger charge is -2.04. The molecule has 0 heterocycles. The van der Waals surface area contributed by atoms with Gasteiger partial charge in [0.25, 0.3) is 5.69 Å². The zero-order valence-corrected chi connectivity index (χ0v) is 12.9. The molecule has 130 valence electrons. The lowest BCUT2D eigenvalue weighted by atomic mass is 10.2. The van der Waals surface area contributed by atoms with Gasteiger partial charge in [0.05, 0.1) is 4.92 Å². The highest BCUT2D eigenvalue weighted by Crippen LogP contribution is 2.15. The highest BCUT2D eigenvalue weighted by molar-refractivity contribution is 5.91. The van der Waals surface area contributed by atoms with Crippen LogP contribution >= 0.6 is 0 Å². The fraction of sp³-hybridized carbons (Fsp3) is 0.118. The number of non-ortho nitro benzene ring substituents is 1. The van der Waals surface area contributed by atoms with Crippen molar-refractivity contribution in [1.82, 2.24) is 5.32 Å². The Morgan fingerprint density at radius 3 is 2.36 bits per heavy atom. The van der Waals surface area contributed by atoms with Crippen LogP contribution in [0.4, 0.5) is 14.5 Å². The van der Waals surface area contributed by atoms with Crippen LogP contribution in [0.1, 0.15) is 11.1 Å². The number of nitrogens with one attached hydrogen (secondary N) is 1. The number of amides is 1. The molecule has 0 aliphatic rings. The average Bonchev–Trinajstić information content (AvgIpc) is 2.59. The molecule has 0 fully saturated rings. The van der Waals surface area contributed by atoms with Crippen LogP contribution in [-0.4, -0.2) is 17.4 Å². The third-order valence-corrected chi connectivity index (χ3v) is 3.15. The fourth-order valence-electron chi connectivity index (χ4n) is 1.92. The number of rotatable bonds is 7. The normalized spacial score (nSPS) is 10.8. The second-order valence-electron chi connectivity index (χ2n) is 4.92. The van der Waals surface area contributed by atoms with Crippen LogP contribution in [0.3, 0.4) is 0 Å². The monoisotopic (exact) mass is 348 g/mol. The molecule has 0 bridgehead atoms. The zero-order chi connectivity index (χ0) is 18.2. The maximum Gasteiger partial charge on any atom is 0.387 e. The number of nitrogens with zero attached hydrogens (tertiary/aromatic N) is 1. The third kappa shape index (κ3) is 6.02. The Hall–Kier alpha value is -3.29. The summed E-state index contributed by atoms with van der Waals surface area (Å²) in [5, 5.41) is 13.2. The van der Waals surface area contributed by atoms with Gasteiger partial charge in [-0.05, 0) is 29.3 Å². The number of nitro groups is 1. The van der Waals surface area contributed by atoms with Crippen molar-refractivity contribution in [2.24, 2.45) is 0 Å². The smallest absolute Gasteiger partial charge is 0.387 e. The summed E-state index contributed by atoms with van der Waals surface area (Å²) in [6.45, 7) is -2.66. The number of carbonyl (C=O) groups is 1. The van der Waals surface area contributed by atoms with Gasteiger partial charge in [-0.25, -0.2) is 0 Å². The standard InChI is InChI=1S/C17H14F2N2O4/c18-17(19)25-15-8-3-12(4-9-15)5-10-16(22)20-11-13-1-6-14(7-2-13)21(23)24/h1-10,17H,11H2,(H,20,22)/b10-5+. The van der Waals surface area contributed by atoms with Crippen LogP contribution in [0, 0.1) is 10.1 Å². The number of hydrogen-bond donors (Lipinski definition) is 1. The summed E-state index contributed by atoms with van der Waals surface area (Å²) in [6.07, 6.45) is 2.83. The molecule has 0 aliphatic heterocycles. The van der Waals surface area contributed by atoms with Gasteiger partial charge in [0.15, 0.2) is 0 Å². The van der Waals surface area contributed by atoms with Crippen molar-refractivity contribution in [2.45, 2.75) is 13.2 Å². The van der Waals surface area contributed by atoms with E-state index in [-0.39, 0.29) is 23.9 Å². The predicted octanol–water partition coefficient (Wildman–Crippen LogP) is 3.53. The number of carbonyl (C=O) groups excluding carboxylic acids is 1. The molecule has 1 N–H and O–H groups in total. The summed E-state index contributed by atoms with van der Waals surface area (Å²) in [5.41, 5.74) is 1.35. The van der Waals surface area contributed by atoms with E-state index < -0.39 is 11.5 Å². The molecule has 0 unspecified atom stereocenters. The minimum atomic E-state index is -2.88. The molecule has 0 aliphatic carbocycles. The molecule has 0 atom stereocenters. The Labute approximate surface area is 141 Å². The van der Waals surface area contributed by atoms with E-state index >= 15 is 0 Å². The first-order valence-electron chi connectivity index (χ1n) is 7.18. The Morgan fingerprint density at radius 1 is 1.16 bits per heavy atom. The molecule has 0 saturated carbocycles. The first kappa shape index (κ1) is 18.1. The number of ether oxygens (including phenoxy) is 1. The van der Waals surface area contributed by atoms with Gasteiger partial charge in [-0.2, -0.15) is 8.78 Å². The molecule has 6 nitrogen and oxygen atoms in total. The van der Waals surface area contributed by atoms with Crippen molar-refractivity contribution in [3.63, 3.8) is 0 Å². The zero-order valence-electron chi connectivity index (χ0n) is 12.9. The van der Waals surface area contributed by atoms with E-state index in [0.29, 0.717) is 5.56 Å². The highest BCUT2D eigenvalue weighted by Gasteiger charge is 2.05. The molecule has 0 spiro atoms. The Balaban J connectivity index is 1.84. The topological polar surface area (TPSA) is 81.5 Å². The molecule has 0 aromatic heterocycles. The number of nitro benzene ring substituents is 1. The van der Waals surface area contributed by atoms with Crippen LogP contribution < -0.4 is 10.1 Å². The van der Waals surface area contributed by atoms with Crippen molar-refractivity contribution >= 4 is 17.7 Å². The second kappa shape index (κ2) is 8.53. The van der Waals surface area contributed by atoms with E-state index in [4.69, 9.17) is 0 Å². The van der Waals surface area contributed by atoms with Gasteiger partial charge in [0, 0.05) is 24.8 Å². The first-order valence-corrected chi connectivity index (χ1v) is 7.18. The lowest BCUT2D eigenvalue weighted by Crippen LogP contribution is -2.20. The Kier molecular flexibility index (Phi) is 6.16. The SMILES string of the molecule is O=C(/C=C/c1ccc(OC(F)F)cc1)NCc1ccc([N+](=O)[O-])cc1. The van der Waals surface area contributed by atoms with Gasteiger partial charge in [-0.15, -0.1) is 0 Å². The van der Waals surface area contributed by atoms with Crippen molar-refractivity contribution < 1.29 is 23.2 Å². The largest absolute Gasteiger partial charge is 0.435 e. The summed E-state index contributed by atoms with van der Waals surface area (Å²) in [5.74, 6) is -0.318. The fourth-order valence-corrected chi connectivity index (χ4v) is 1.92. The molecule has 2 rings (SSSR count). The van der Waals surface area contributed by atoms with Crippen LogP contribution in [0.2, 0.25) is 0 Å². The van der Waals surface area contributed by atoms with E-state index in [1.165, 1.54) is 48.6 Å². The van der Waals surface area contributed by atoms with Gasteiger partial charge in [0.2, 0.25) is 5.91 Å². The van der Waals surface area contributed by atoms with E-state index in [1.807, 2.05) is 0 Å². The molecular formula is C17H14F2N2O4. The van der Waals surface area contributed by atoms with Crippen molar-refractivity contribution in [1.29, 1.82) is 0 Å². The molecular weight excluding hydrogens is 334 g/mol. The number of hydrogen-bond acceptors (Lipinski definition) is 4. The van der Waals surface area contributed by atoms with Crippen molar-refractivity contribution in [3.05, 3.63) is 75.8 Å². The maximum absolute atomic E-state index is 12.0. The van der Waals surface area contributed by atoms with Gasteiger partial charge < -0.3 is 10.1 Å². The van der Waals surface area contributed by atoms with Crippen LogP contribution in [0.25, 0.3) is 6.08 Å². The molecule has 0 saturated heterocycles. The van der Waals surface area contributed by atoms with Crippen LogP contribution in [0.5, 0.6) is 5.75 Å². The van der Waals surface area contributed by atoms with Crippen molar-refractivity contribution in [2.75, 3.05) is 0 Å². The number of halogens is 2. The van der Waals surface area contributed by atoms with E-state index in [1.54, 1.807) is 12.1 Å². The van der Waals surface area contributed by atoms with E-state index in [2.05, 4.69) is 10.1 Å². The number of benzene rings is 2. The van der Waals surface area contributed by atoms with Crippen molar-refractivity contribution in [3.8, 4) is 5.75 Å². The molecule has 25 heavy (non-hydrogen) atoms. The van der Waals surface area contributed by atoms with Crippen LogP contribution in [-0.2, 0) is 11.3 Å². The molecule has 2 aromatic carbocycles. The van der Waals surface area contributed by atoms with Gasteiger partial charge in [-0.3, -0.25) is 14.9 Å². The molecule has 2 aromatic rings. The van der Waals surface area contributed by atoms with E-state index in [9.17, 15) is 23.7 Å². The average molecular weight is 348 g/mol. The summed E-state index contributed by atoms with van der Waals surface area (Å²) in [4.78, 5) is 21.8. The highest BCUT2D eigenvalue weighted by atomic mass is 19.3. The Bertz CT molecular complexity index is 759. The Morgan fingerprint density at radius 2 is 1.80 bits per heavy atom. The van der Waals surface area contributed by atoms with Gasteiger partial charge in [0.1, 0.15) is 5.75 Å². The summed E-state index contributed by atoms with van der Waals surface area (Å²) in [6, 6.07) is 11.7. The predicted molar refractivity (Wildman–Crippen MR) is 87.1 cm³/mol. The quantitative estimate of drug-likeness (QED) is 0.471. The summed E-state index contributed by atoms with van der Waals surface area (Å²) in [7, 11) is 0. The van der Waals surface area contributed by atoms with Gasteiger partial charge in [-0.1, -0.05) is 24.3 Å². The number of alkyl halides is 2.